The molecule has 0 spiro atoms. The molecule has 0 radical (unpaired) electrons. The molecule has 1 amide bonds. The topological polar surface area (TPSA) is 89.4 Å². The van der Waals surface area contributed by atoms with Crippen LogP contribution in [-0.2, 0) is 4.79 Å². The zero-order chi connectivity index (χ0) is 20.5. The Morgan fingerprint density at radius 3 is 2.07 bits per heavy atom. The summed E-state index contributed by atoms with van der Waals surface area (Å²) in [5, 5.41) is 13.8. The van der Waals surface area contributed by atoms with Crippen molar-refractivity contribution in [2.75, 3.05) is 7.11 Å². The molecule has 148 valence electrons. The number of methoxy groups -OCH3 is 1. The number of carbonyl (C=O) groups excluding carboxylic acids is 1. The van der Waals surface area contributed by atoms with Crippen molar-refractivity contribution in [2.45, 2.75) is 6.29 Å². The first-order valence-corrected chi connectivity index (χ1v) is 8.79. The van der Waals surface area contributed by atoms with Gasteiger partial charge in [-0.2, -0.15) is 5.10 Å². The van der Waals surface area contributed by atoms with Crippen LogP contribution in [0.5, 0.6) is 23.0 Å². The van der Waals surface area contributed by atoms with Crippen molar-refractivity contribution in [2.24, 2.45) is 5.10 Å². The number of phenols is 1. The summed E-state index contributed by atoms with van der Waals surface area (Å²) >= 11 is 0. The van der Waals surface area contributed by atoms with Crippen LogP contribution in [0.3, 0.4) is 0 Å². The van der Waals surface area contributed by atoms with Crippen LogP contribution in [0.4, 0.5) is 0 Å². The normalized spacial score (nSPS) is 10.7. The third kappa shape index (κ3) is 5.74. The molecule has 29 heavy (non-hydrogen) atoms. The highest BCUT2D eigenvalue weighted by Gasteiger charge is 2.22. The Bertz CT molecular complexity index is 920. The third-order valence-corrected chi connectivity index (χ3v) is 3.80. The largest absolute Gasteiger partial charge is 0.507 e. The minimum atomic E-state index is -1.27. The monoisotopic (exact) mass is 392 g/mol. The second-order valence-corrected chi connectivity index (χ2v) is 5.85. The number of amides is 1. The number of carbonyl (C=O) groups is 1. The van der Waals surface area contributed by atoms with Crippen molar-refractivity contribution in [1.29, 1.82) is 0 Å². The van der Waals surface area contributed by atoms with Gasteiger partial charge in [0.05, 0.1) is 13.3 Å². The molecule has 7 heteroatoms. The molecule has 0 aliphatic rings. The quantitative estimate of drug-likeness (QED) is 0.349. The molecular weight excluding hydrogens is 372 g/mol. The van der Waals surface area contributed by atoms with Gasteiger partial charge in [0.15, 0.2) is 0 Å². The fourth-order valence-corrected chi connectivity index (χ4v) is 2.36. The lowest BCUT2D eigenvalue weighted by molar-refractivity contribution is -0.140. The average Bonchev–Trinajstić information content (AvgIpc) is 2.76. The lowest BCUT2D eigenvalue weighted by Crippen LogP contribution is -2.40. The zero-order valence-corrected chi connectivity index (χ0v) is 15.7. The van der Waals surface area contributed by atoms with Gasteiger partial charge >= 0.3 is 12.2 Å². The molecule has 0 unspecified atom stereocenters. The molecule has 0 aliphatic carbocycles. The first-order chi connectivity index (χ1) is 14.2. The van der Waals surface area contributed by atoms with Crippen LogP contribution in [0.15, 0.2) is 84.0 Å². The van der Waals surface area contributed by atoms with E-state index in [1.54, 1.807) is 60.7 Å². The molecular formula is C22H20N2O5. The standard InChI is InChI=1S/C22H20N2O5/c1-27-19-12-13-20(25)16(14-19)15-23-24-21(26)22(28-17-8-4-2-5-9-17)29-18-10-6-3-7-11-18/h2-15,22,25H,1H3,(H,24,26)/b23-15+. The molecule has 2 N–H and O–H groups in total. The van der Waals surface area contributed by atoms with Crippen molar-refractivity contribution in [3.8, 4) is 23.0 Å². The summed E-state index contributed by atoms with van der Waals surface area (Å²) in [6.45, 7) is 0. The van der Waals surface area contributed by atoms with Gasteiger partial charge in [-0.15, -0.1) is 0 Å². The van der Waals surface area contributed by atoms with Crippen LogP contribution < -0.4 is 19.6 Å². The Balaban J connectivity index is 1.72. The van der Waals surface area contributed by atoms with Crippen molar-refractivity contribution in [3.05, 3.63) is 84.4 Å². The van der Waals surface area contributed by atoms with Gasteiger partial charge in [-0.3, -0.25) is 4.79 Å². The molecule has 7 nitrogen and oxygen atoms in total. The molecule has 0 bridgehead atoms. The molecule has 3 rings (SSSR count). The molecule has 0 aromatic heterocycles. The molecule has 3 aromatic carbocycles. The summed E-state index contributed by atoms with van der Waals surface area (Å²) in [6, 6.07) is 22.4. The van der Waals surface area contributed by atoms with E-state index < -0.39 is 12.2 Å². The highest BCUT2D eigenvalue weighted by atomic mass is 16.7. The summed E-state index contributed by atoms with van der Waals surface area (Å²) in [4.78, 5) is 12.6. The third-order valence-electron chi connectivity index (χ3n) is 3.80. The lowest BCUT2D eigenvalue weighted by atomic mass is 10.2. The first kappa shape index (κ1) is 19.8. The van der Waals surface area contributed by atoms with E-state index in [1.165, 1.54) is 19.4 Å². The van der Waals surface area contributed by atoms with E-state index in [-0.39, 0.29) is 5.75 Å². The number of aromatic hydroxyl groups is 1. The number of ether oxygens (including phenoxy) is 3. The van der Waals surface area contributed by atoms with E-state index in [1.807, 2.05) is 12.1 Å². The minimum Gasteiger partial charge on any atom is -0.507 e. The Kier molecular flexibility index (Phi) is 6.67. The average molecular weight is 392 g/mol. The molecule has 3 aromatic rings. The van der Waals surface area contributed by atoms with Crippen molar-refractivity contribution < 1.29 is 24.1 Å². The number of hydrogen-bond acceptors (Lipinski definition) is 6. The predicted octanol–water partition coefficient (Wildman–Crippen LogP) is 3.34. The van der Waals surface area contributed by atoms with Gasteiger partial charge in [0, 0.05) is 5.56 Å². The van der Waals surface area contributed by atoms with Gasteiger partial charge in [-0.1, -0.05) is 36.4 Å². The number of para-hydroxylation sites is 2. The van der Waals surface area contributed by atoms with Gasteiger partial charge in [-0.25, -0.2) is 5.43 Å². The van der Waals surface area contributed by atoms with Crippen LogP contribution in [0, 0.1) is 0 Å². The number of nitrogens with one attached hydrogen (secondary N) is 1. The molecule has 0 atom stereocenters. The second kappa shape index (κ2) is 9.80. The van der Waals surface area contributed by atoms with Gasteiger partial charge in [0.2, 0.25) is 0 Å². The van der Waals surface area contributed by atoms with Crippen LogP contribution in [0.25, 0.3) is 0 Å². The van der Waals surface area contributed by atoms with Crippen LogP contribution >= 0.6 is 0 Å². The maximum Gasteiger partial charge on any atom is 0.323 e. The van der Waals surface area contributed by atoms with Gasteiger partial charge in [0.25, 0.3) is 0 Å². The van der Waals surface area contributed by atoms with Crippen molar-refractivity contribution >= 4 is 12.1 Å². The first-order valence-electron chi connectivity index (χ1n) is 8.79. The Morgan fingerprint density at radius 2 is 1.52 bits per heavy atom. The molecule has 0 fully saturated rings. The van der Waals surface area contributed by atoms with Crippen molar-refractivity contribution in [1.82, 2.24) is 5.43 Å². The van der Waals surface area contributed by atoms with Crippen LogP contribution in [-0.4, -0.2) is 30.6 Å². The molecule has 0 saturated heterocycles. The predicted molar refractivity (Wildman–Crippen MR) is 108 cm³/mol. The van der Waals surface area contributed by atoms with E-state index in [4.69, 9.17) is 14.2 Å². The fourth-order valence-electron chi connectivity index (χ4n) is 2.36. The summed E-state index contributed by atoms with van der Waals surface area (Å²) in [5.41, 5.74) is 2.75. The minimum absolute atomic E-state index is 0.00131. The Hall–Kier alpha value is -4.00. The summed E-state index contributed by atoms with van der Waals surface area (Å²) in [7, 11) is 1.52. The van der Waals surface area contributed by atoms with Crippen LogP contribution in [0.1, 0.15) is 5.56 Å². The van der Waals surface area contributed by atoms with Gasteiger partial charge < -0.3 is 19.3 Å². The van der Waals surface area contributed by atoms with E-state index in [9.17, 15) is 9.90 Å². The van der Waals surface area contributed by atoms with Crippen LogP contribution in [0.2, 0.25) is 0 Å². The highest BCUT2D eigenvalue weighted by molar-refractivity contribution is 5.86. The zero-order valence-electron chi connectivity index (χ0n) is 15.7. The lowest BCUT2D eigenvalue weighted by Gasteiger charge is -2.18. The summed E-state index contributed by atoms with van der Waals surface area (Å²) in [6.07, 6.45) is 0.0357. The Morgan fingerprint density at radius 1 is 0.931 bits per heavy atom. The summed E-state index contributed by atoms with van der Waals surface area (Å²) in [5.74, 6) is 0.877. The maximum absolute atomic E-state index is 12.6. The SMILES string of the molecule is COc1ccc(O)c(/C=N/NC(=O)C(Oc2ccccc2)Oc2ccccc2)c1. The highest BCUT2D eigenvalue weighted by Crippen LogP contribution is 2.21. The molecule has 0 saturated carbocycles. The number of nitrogens with zero attached hydrogens (tertiary/aromatic N) is 1. The van der Waals surface area contributed by atoms with Crippen molar-refractivity contribution in [3.63, 3.8) is 0 Å². The summed E-state index contributed by atoms with van der Waals surface area (Å²) < 4.78 is 16.4. The number of hydrogen-bond donors (Lipinski definition) is 2. The fraction of sp³-hybridized carbons (Fsp3) is 0.0909. The smallest absolute Gasteiger partial charge is 0.323 e. The van der Waals surface area contributed by atoms with E-state index in [2.05, 4.69) is 10.5 Å². The number of phenolic OH excluding ortho intramolecular Hbond substituents is 1. The second-order valence-electron chi connectivity index (χ2n) is 5.85. The van der Waals surface area contributed by atoms with E-state index in [0.717, 1.165) is 0 Å². The van der Waals surface area contributed by atoms with E-state index in [0.29, 0.717) is 22.8 Å². The van der Waals surface area contributed by atoms with E-state index >= 15 is 0 Å². The molecule has 0 heterocycles. The number of benzene rings is 3. The number of hydrazone groups is 1. The van der Waals surface area contributed by atoms with Gasteiger partial charge in [-0.05, 0) is 42.5 Å². The number of rotatable bonds is 8. The maximum atomic E-state index is 12.6. The Labute approximate surface area is 168 Å². The van der Waals surface area contributed by atoms with Gasteiger partial charge in [0.1, 0.15) is 23.0 Å². The molecule has 0 aliphatic heterocycles.